The Hall–Kier alpha value is -1.36. The molecule has 1 unspecified atom stereocenters. The van der Waals surface area contributed by atoms with Gasteiger partial charge in [0.25, 0.3) is 0 Å². The lowest BCUT2D eigenvalue weighted by Crippen LogP contribution is -2.28. The Morgan fingerprint density at radius 1 is 1.24 bits per heavy atom. The maximum Gasteiger partial charge on any atom is 0.119 e. The first-order valence-electron chi connectivity index (χ1n) is 7.54. The van der Waals surface area contributed by atoms with Crippen LogP contribution in [0.3, 0.4) is 0 Å². The van der Waals surface area contributed by atoms with E-state index in [1.165, 1.54) is 10.4 Å². The molecular weight excluding hydrogens is 280 g/mol. The van der Waals surface area contributed by atoms with Crippen molar-refractivity contribution in [2.45, 2.75) is 38.6 Å². The van der Waals surface area contributed by atoms with E-state index in [1.54, 1.807) is 0 Å². The fourth-order valence-corrected chi connectivity index (χ4v) is 3.05. The van der Waals surface area contributed by atoms with E-state index >= 15 is 0 Å². The van der Waals surface area contributed by atoms with Crippen LogP contribution in [0, 0.1) is 0 Å². The number of rotatable bonds is 9. The van der Waals surface area contributed by atoms with Gasteiger partial charge in [0, 0.05) is 10.9 Å². The predicted molar refractivity (Wildman–Crippen MR) is 89.5 cm³/mol. The van der Waals surface area contributed by atoms with Gasteiger partial charge in [0.1, 0.15) is 5.75 Å². The molecule has 0 amide bonds. The highest BCUT2D eigenvalue weighted by Crippen LogP contribution is 2.22. The molecule has 3 N–H and O–H groups in total. The Kier molecular flexibility index (Phi) is 6.73. The number of benzene rings is 1. The molecule has 1 heterocycles. The van der Waals surface area contributed by atoms with Crippen LogP contribution in [0.15, 0.2) is 41.8 Å². The normalized spacial score (nSPS) is 12.3. The molecule has 0 saturated carbocycles. The molecule has 1 atom stereocenters. The van der Waals surface area contributed by atoms with Gasteiger partial charge < -0.3 is 4.74 Å². The van der Waals surface area contributed by atoms with E-state index < -0.39 is 0 Å². The summed E-state index contributed by atoms with van der Waals surface area (Å²) in [6, 6.07) is 12.7. The first kappa shape index (κ1) is 16.0. The van der Waals surface area contributed by atoms with E-state index in [4.69, 9.17) is 10.6 Å². The molecule has 0 spiro atoms. The van der Waals surface area contributed by atoms with Gasteiger partial charge in [-0.1, -0.05) is 25.1 Å². The first-order valence-corrected chi connectivity index (χ1v) is 8.42. The van der Waals surface area contributed by atoms with Crippen molar-refractivity contribution in [2.75, 3.05) is 6.61 Å². The fourth-order valence-electron chi connectivity index (χ4n) is 2.30. The summed E-state index contributed by atoms with van der Waals surface area (Å²) in [5.41, 5.74) is 4.14. The molecule has 1 aromatic heterocycles. The van der Waals surface area contributed by atoms with Gasteiger partial charge in [-0.2, -0.15) is 0 Å². The van der Waals surface area contributed by atoms with Crippen LogP contribution in [0.5, 0.6) is 5.75 Å². The number of aryl methyl sites for hydroxylation is 1. The average molecular weight is 304 g/mol. The standard InChI is InChI=1S/C17H24N2OS/c1-2-12-20-15-10-8-14(9-11-15)17(19-18)7-3-5-16-6-4-13-21-16/h4,6,8-11,13,17,19H,2-3,5,7,12,18H2,1H3. The molecule has 114 valence electrons. The minimum absolute atomic E-state index is 0.199. The van der Waals surface area contributed by atoms with E-state index in [-0.39, 0.29) is 6.04 Å². The number of ether oxygens (including phenoxy) is 1. The number of hydrogen-bond donors (Lipinski definition) is 2. The number of hydrogen-bond acceptors (Lipinski definition) is 4. The number of nitrogens with two attached hydrogens (primary N) is 1. The van der Waals surface area contributed by atoms with Crippen LogP contribution < -0.4 is 16.0 Å². The number of hydrazine groups is 1. The maximum atomic E-state index is 5.70. The highest BCUT2D eigenvalue weighted by Gasteiger charge is 2.09. The molecule has 0 aliphatic heterocycles. The van der Waals surface area contributed by atoms with Crippen molar-refractivity contribution >= 4 is 11.3 Å². The molecule has 1 aromatic carbocycles. The Balaban J connectivity index is 1.84. The zero-order valence-corrected chi connectivity index (χ0v) is 13.4. The van der Waals surface area contributed by atoms with Crippen LogP contribution in [0.2, 0.25) is 0 Å². The Bertz CT molecular complexity index is 496. The summed E-state index contributed by atoms with van der Waals surface area (Å²) >= 11 is 1.82. The van der Waals surface area contributed by atoms with Crippen molar-refractivity contribution in [2.24, 2.45) is 5.84 Å². The molecule has 3 nitrogen and oxygen atoms in total. The SMILES string of the molecule is CCCOc1ccc(C(CCCc2cccs2)NN)cc1. The molecule has 0 fully saturated rings. The number of thiophene rings is 1. The van der Waals surface area contributed by atoms with E-state index in [2.05, 4.69) is 42.0 Å². The Labute approximate surface area is 131 Å². The first-order chi connectivity index (χ1) is 10.3. The highest BCUT2D eigenvalue weighted by atomic mass is 32.1. The van der Waals surface area contributed by atoms with Crippen molar-refractivity contribution in [3.05, 3.63) is 52.2 Å². The second-order valence-corrected chi connectivity index (χ2v) is 6.14. The molecule has 2 rings (SSSR count). The van der Waals surface area contributed by atoms with Crippen LogP contribution in [0.1, 0.15) is 42.7 Å². The molecule has 21 heavy (non-hydrogen) atoms. The monoisotopic (exact) mass is 304 g/mol. The van der Waals surface area contributed by atoms with Gasteiger partial charge in [0.15, 0.2) is 0 Å². The molecule has 2 aromatic rings. The summed E-state index contributed by atoms with van der Waals surface area (Å²) in [5, 5.41) is 2.13. The van der Waals surface area contributed by atoms with Gasteiger partial charge in [-0.05, 0) is 54.8 Å². The van der Waals surface area contributed by atoms with Gasteiger partial charge in [-0.15, -0.1) is 11.3 Å². The van der Waals surface area contributed by atoms with Crippen LogP contribution >= 0.6 is 11.3 Å². The van der Waals surface area contributed by atoms with Gasteiger partial charge in [0.2, 0.25) is 0 Å². The third-order valence-corrected chi connectivity index (χ3v) is 4.39. The molecule has 0 saturated heterocycles. The lowest BCUT2D eigenvalue weighted by molar-refractivity contribution is 0.317. The summed E-state index contributed by atoms with van der Waals surface area (Å²) in [7, 11) is 0. The van der Waals surface area contributed by atoms with Gasteiger partial charge in [-0.25, -0.2) is 0 Å². The lowest BCUT2D eigenvalue weighted by Gasteiger charge is -2.16. The van der Waals surface area contributed by atoms with Gasteiger partial charge in [-0.3, -0.25) is 11.3 Å². The summed E-state index contributed by atoms with van der Waals surface area (Å²) in [6.45, 7) is 2.87. The van der Waals surface area contributed by atoms with Gasteiger partial charge >= 0.3 is 0 Å². The fraction of sp³-hybridized carbons (Fsp3) is 0.412. The van der Waals surface area contributed by atoms with E-state index in [0.29, 0.717) is 0 Å². The third-order valence-electron chi connectivity index (χ3n) is 3.45. The van der Waals surface area contributed by atoms with Crippen molar-refractivity contribution in [3.63, 3.8) is 0 Å². The topological polar surface area (TPSA) is 47.3 Å². The Morgan fingerprint density at radius 2 is 2.05 bits per heavy atom. The summed E-state index contributed by atoms with van der Waals surface area (Å²) in [6.07, 6.45) is 4.30. The minimum atomic E-state index is 0.199. The van der Waals surface area contributed by atoms with Crippen LogP contribution in [0.4, 0.5) is 0 Å². The summed E-state index contributed by atoms with van der Waals surface area (Å²) in [5.74, 6) is 6.63. The van der Waals surface area contributed by atoms with E-state index in [0.717, 1.165) is 38.0 Å². The molecule has 4 heteroatoms. The Morgan fingerprint density at radius 3 is 2.67 bits per heavy atom. The second-order valence-electron chi connectivity index (χ2n) is 5.11. The van der Waals surface area contributed by atoms with Crippen molar-refractivity contribution in [1.29, 1.82) is 0 Å². The average Bonchev–Trinajstić information content (AvgIpc) is 3.03. The third kappa shape index (κ3) is 5.16. The van der Waals surface area contributed by atoms with Crippen LogP contribution in [-0.2, 0) is 6.42 Å². The van der Waals surface area contributed by atoms with Crippen molar-refractivity contribution in [3.8, 4) is 5.75 Å². The molecule has 0 bridgehead atoms. The predicted octanol–water partition coefficient (Wildman–Crippen LogP) is 4.06. The van der Waals surface area contributed by atoms with Crippen LogP contribution in [0.25, 0.3) is 0 Å². The zero-order valence-electron chi connectivity index (χ0n) is 12.5. The zero-order chi connectivity index (χ0) is 14.9. The molecule has 0 radical (unpaired) electrons. The van der Waals surface area contributed by atoms with Crippen LogP contribution in [-0.4, -0.2) is 6.61 Å². The smallest absolute Gasteiger partial charge is 0.119 e. The van der Waals surface area contributed by atoms with Crippen molar-refractivity contribution in [1.82, 2.24) is 5.43 Å². The second kappa shape index (κ2) is 8.82. The lowest BCUT2D eigenvalue weighted by atomic mass is 10.0. The minimum Gasteiger partial charge on any atom is -0.494 e. The molecule has 0 aliphatic carbocycles. The summed E-state index contributed by atoms with van der Waals surface area (Å²) < 4.78 is 5.60. The van der Waals surface area contributed by atoms with Gasteiger partial charge in [0.05, 0.1) is 6.61 Å². The van der Waals surface area contributed by atoms with E-state index in [1.807, 2.05) is 23.5 Å². The molecule has 0 aliphatic rings. The number of nitrogens with one attached hydrogen (secondary N) is 1. The molecular formula is C17H24N2OS. The highest BCUT2D eigenvalue weighted by molar-refractivity contribution is 7.09. The largest absolute Gasteiger partial charge is 0.494 e. The maximum absolute atomic E-state index is 5.70. The van der Waals surface area contributed by atoms with Crippen molar-refractivity contribution < 1.29 is 4.74 Å². The van der Waals surface area contributed by atoms with E-state index in [9.17, 15) is 0 Å². The quantitative estimate of drug-likeness (QED) is 0.542. The summed E-state index contributed by atoms with van der Waals surface area (Å²) in [4.78, 5) is 1.44.